The molecular formula is C14H13BrClNO3. The Balaban J connectivity index is 1.92. The molecule has 4 nitrogen and oxygen atoms in total. The Morgan fingerprint density at radius 2 is 2.10 bits per heavy atom. The summed E-state index contributed by atoms with van der Waals surface area (Å²) in [6.07, 6.45) is 2.22. The predicted octanol–water partition coefficient (Wildman–Crippen LogP) is 3.18. The van der Waals surface area contributed by atoms with Gasteiger partial charge in [0.05, 0.1) is 11.5 Å². The summed E-state index contributed by atoms with van der Waals surface area (Å²) in [5.74, 6) is -1.37. The van der Waals surface area contributed by atoms with Crippen LogP contribution < -0.4 is 0 Å². The maximum Gasteiger partial charge on any atom is 0.308 e. The molecule has 3 rings (SSSR count). The number of fused-ring (bicyclic) bond motifs is 2. The van der Waals surface area contributed by atoms with Gasteiger partial charge in [-0.15, -0.1) is 0 Å². The highest BCUT2D eigenvalue weighted by atomic mass is 79.9. The third-order valence-corrected chi connectivity index (χ3v) is 5.17. The molecule has 3 atom stereocenters. The molecule has 0 radical (unpaired) electrons. The van der Waals surface area contributed by atoms with Crippen LogP contribution in [0.2, 0.25) is 5.02 Å². The van der Waals surface area contributed by atoms with E-state index in [1.165, 1.54) is 0 Å². The molecular weight excluding hydrogens is 346 g/mol. The smallest absolute Gasteiger partial charge is 0.308 e. The molecule has 1 aromatic rings. The van der Waals surface area contributed by atoms with Crippen molar-refractivity contribution in [3.63, 3.8) is 0 Å². The first-order valence-corrected chi connectivity index (χ1v) is 7.66. The summed E-state index contributed by atoms with van der Waals surface area (Å²) < 4.78 is 0.685. The first-order chi connectivity index (χ1) is 9.49. The molecule has 6 heteroatoms. The fraction of sp³-hybridized carbons (Fsp3) is 0.429. The lowest BCUT2D eigenvalue weighted by Gasteiger charge is -2.23. The van der Waals surface area contributed by atoms with E-state index in [1.807, 2.05) is 0 Å². The Morgan fingerprint density at radius 3 is 2.75 bits per heavy atom. The Bertz CT molecular complexity index is 592. The molecule has 2 bridgehead atoms. The second-order valence-electron chi connectivity index (χ2n) is 5.32. The van der Waals surface area contributed by atoms with Crippen LogP contribution in [-0.2, 0) is 4.79 Å². The number of amides is 1. The monoisotopic (exact) mass is 357 g/mol. The third-order valence-electron chi connectivity index (χ3n) is 4.25. The lowest BCUT2D eigenvalue weighted by atomic mass is 9.89. The van der Waals surface area contributed by atoms with Crippen molar-refractivity contribution < 1.29 is 14.7 Å². The number of benzene rings is 1. The molecule has 2 saturated heterocycles. The number of carbonyl (C=O) groups is 2. The second kappa shape index (κ2) is 5.04. The van der Waals surface area contributed by atoms with E-state index in [0.29, 0.717) is 21.5 Å². The van der Waals surface area contributed by atoms with Gasteiger partial charge in [0.2, 0.25) is 0 Å². The van der Waals surface area contributed by atoms with Gasteiger partial charge in [-0.1, -0.05) is 11.6 Å². The van der Waals surface area contributed by atoms with Gasteiger partial charge in [0.15, 0.2) is 0 Å². The van der Waals surface area contributed by atoms with E-state index in [9.17, 15) is 14.7 Å². The molecule has 0 aliphatic carbocycles. The topological polar surface area (TPSA) is 57.6 Å². The van der Waals surface area contributed by atoms with Gasteiger partial charge in [0.25, 0.3) is 5.91 Å². The average molecular weight is 359 g/mol. The van der Waals surface area contributed by atoms with E-state index in [1.54, 1.807) is 23.1 Å². The fourth-order valence-corrected chi connectivity index (χ4v) is 3.96. The minimum atomic E-state index is -0.805. The number of carboxylic acids is 1. The van der Waals surface area contributed by atoms with Crippen LogP contribution in [0.4, 0.5) is 0 Å². The van der Waals surface area contributed by atoms with Crippen molar-refractivity contribution in [1.82, 2.24) is 4.90 Å². The standard InChI is InChI=1S/C14H13BrClNO3/c15-11-3-1-7(16)5-9(11)13(18)17-8-2-4-12(17)10(6-8)14(19)20/h1,3,5,8,10,12H,2,4,6H2,(H,19,20). The highest BCUT2D eigenvalue weighted by Gasteiger charge is 2.51. The fourth-order valence-electron chi connectivity index (χ4n) is 3.37. The summed E-state index contributed by atoms with van der Waals surface area (Å²) in [6, 6.07) is 4.93. The quantitative estimate of drug-likeness (QED) is 0.883. The molecule has 1 amide bonds. The van der Waals surface area contributed by atoms with Gasteiger partial charge in [-0.3, -0.25) is 9.59 Å². The number of aliphatic carboxylic acids is 1. The van der Waals surface area contributed by atoms with Gasteiger partial charge in [-0.05, 0) is 53.4 Å². The summed E-state index contributed by atoms with van der Waals surface area (Å²) >= 11 is 9.31. The number of rotatable bonds is 2. The Labute approximate surface area is 129 Å². The molecule has 2 aliphatic rings. The maximum atomic E-state index is 12.7. The summed E-state index contributed by atoms with van der Waals surface area (Å²) in [5, 5.41) is 9.73. The normalized spacial score (nSPS) is 27.9. The van der Waals surface area contributed by atoms with E-state index >= 15 is 0 Å². The Morgan fingerprint density at radius 1 is 1.35 bits per heavy atom. The van der Waals surface area contributed by atoms with E-state index in [4.69, 9.17) is 11.6 Å². The van der Waals surface area contributed by atoms with Crippen molar-refractivity contribution in [2.75, 3.05) is 0 Å². The number of hydrogen-bond donors (Lipinski definition) is 1. The molecule has 0 spiro atoms. The van der Waals surface area contributed by atoms with Crippen LogP contribution in [0.15, 0.2) is 22.7 Å². The van der Waals surface area contributed by atoms with E-state index in [0.717, 1.165) is 12.8 Å². The van der Waals surface area contributed by atoms with Crippen molar-refractivity contribution in [1.29, 1.82) is 0 Å². The van der Waals surface area contributed by atoms with Crippen LogP contribution in [0.3, 0.4) is 0 Å². The maximum absolute atomic E-state index is 12.7. The first kappa shape index (κ1) is 13.9. The minimum Gasteiger partial charge on any atom is -0.481 e. The average Bonchev–Trinajstić information content (AvgIpc) is 2.98. The van der Waals surface area contributed by atoms with E-state index < -0.39 is 11.9 Å². The zero-order valence-electron chi connectivity index (χ0n) is 10.6. The molecule has 0 aromatic heterocycles. The van der Waals surface area contributed by atoms with Gasteiger partial charge < -0.3 is 10.0 Å². The Hall–Kier alpha value is -1.07. The van der Waals surface area contributed by atoms with Crippen LogP contribution in [0.5, 0.6) is 0 Å². The van der Waals surface area contributed by atoms with Crippen LogP contribution in [-0.4, -0.2) is 34.0 Å². The van der Waals surface area contributed by atoms with Crippen molar-refractivity contribution in [3.8, 4) is 0 Å². The van der Waals surface area contributed by atoms with Gasteiger partial charge in [0.1, 0.15) is 0 Å². The van der Waals surface area contributed by atoms with Gasteiger partial charge in [-0.25, -0.2) is 0 Å². The number of nitrogens with zero attached hydrogens (tertiary/aromatic N) is 1. The first-order valence-electron chi connectivity index (χ1n) is 6.49. The summed E-state index contributed by atoms with van der Waals surface area (Å²) in [4.78, 5) is 25.7. The van der Waals surface area contributed by atoms with Gasteiger partial charge in [0, 0.05) is 21.6 Å². The number of carboxylic acid groups (broad SMARTS) is 1. The minimum absolute atomic E-state index is 0.0412. The molecule has 2 aliphatic heterocycles. The number of halogens is 2. The zero-order chi connectivity index (χ0) is 14.4. The molecule has 106 valence electrons. The van der Waals surface area contributed by atoms with Gasteiger partial charge >= 0.3 is 5.97 Å². The van der Waals surface area contributed by atoms with E-state index in [2.05, 4.69) is 15.9 Å². The molecule has 1 aromatic carbocycles. The summed E-state index contributed by atoms with van der Waals surface area (Å²) in [6.45, 7) is 0. The number of hydrogen-bond acceptors (Lipinski definition) is 2. The molecule has 0 saturated carbocycles. The van der Waals surface area contributed by atoms with Crippen LogP contribution in [0.25, 0.3) is 0 Å². The molecule has 2 heterocycles. The zero-order valence-corrected chi connectivity index (χ0v) is 12.9. The Kier molecular flexibility index (Phi) is 3.50. The van der Waals surface area contributed by atoms with Crippen LogP contribution >= 0.6 is 27.5 Å². The van der Waals surface area contributed by atoms with Gasteiger partial charge in [-0.2, -0.15) is 0 Å². The van der Waals surface area contributed by atoms with Crippen molar-refractivity contribution in [3.05, 3.63) is 33.3 Å². The molecule has 3 unspecified atom stereocenters. The summed E-state index contributed by atoms with van der Waals surface area (Å²) in [5.41, 5.74) is 0.500. The van der Waals surface area contributed by atoms with Crippen molar-refractivity contribution in [2.45, 2.75) is 31.3 Å². The highest BCUT2D eigenvalue weighted by molar-refractivity contribution is 9.10. The molecule has 2 fully saturated rings. The lowest BCUT2D eigenvalue weighted by Crippen LogP contribution is -2.38. The lowest BCUT2D eigenvalue weighted by molar-refractivity contribution is -0.142. The SMILES string of the molecule is O=C(O)C1CC2CCC1N2C(=O)c1cc(Cl)ccc1Br. The van der Waals surface area contributed by atoms with Crippen molar-refractivity contribution >= 4 is 39.4 Å². The third kappa shape index (κ3) is 2.13. The number of carbonyl (C=O) groups excluding carboxylic acids is 1. The largest absolute Gasteiger partial charge is 0.481 e. The molecule has 1 N–H and O–H groups in total. The van der Waals surface area contributed by atoms with Crippen LogP contribution in [0, 0.1) is 5.92 Å². The van der Waals surface area contributed by atoms with Crippen LogP contribution in [0.1, 0.15) is 29.6 Å². The van der Waals surface area contributed by atoms with E-state index in [-0.39, 0.29) is 18.0 Å². The summed E-state index contributed by atoms with van der Waals surface area (Å²) in [7, 11) is 0. The second-order valence-corrected chi connectivity index (χ2v) is 6.61. The highest BCUT2D eigenvalue weighted by Crippen LogP contribution is 2.43. The van der Waals surface area contributed by atoms with Crippen molar-refractivity contribution in [2.24, 2.45) is 5.92 Å². The predicted molar refractivity (Wildman–Crippen MR) is 77.9 cm³/mol. The molecule has 20 heavy (non-hydrogen) atoms.